The maximum Gasteiger partial charge on any atom is 0.340 e. The second-order valence-corrected chi connectivity index (χ2v) is 5.00. The highest BCUT2D eigenvalue weighted by Crippen LogP contribution is 2.31. The zero-order chi connectivity index (χ0) is 15.6. The highest BCUT2D eigenvalue weighted by atomic mass is 35.5. The SMILES string of the molecule is COC(=O)c1cc(Nc2ccc(Cl)cc2Cl)c(F)cc1N. The first-order valence-corrected chi connectivity index (χ1v) is 6.57. The highest BCUT2D eigenvalue weighted by molar-refractivity contribution is 6.36. The van der Waals surface area contributed by atoms with Gasteiger partial charge in [0.25, 0.3) is 0 Å². The Morgan fingerprint density at radius 3 is 2.57 bits per heavy atom. The van der Waals surface area contributed by atoms with Gasteiger partial charge in [-0.25, -0.2) is 9.18 Å². The predicted molar refractivity (Wildman–Crippen MR) is 81.9 cm³/mol. The van der Waals surface area contributed by atoms with Gasteiger partial charge in [0, 0.05) is 10.7 Å². The summed E-state index contributed by atoms with van der Waals surface area (Å²) in [5, 5.41) is 3.56. The van der Waals surface area contributed by atoms with Crippen molar-refractivity contribution in [1.29, 1.82) is 0 Å². The van der Waals surface area contributed by atoms with E-state index in [1.807, 2.05) is 0 Å². The molecule has 0 fully saturated rings. The molecule has 2 aromatic rings. The molecular formula is C14H11Cl2FN2O2. The molecule has 0 spiro atoms. The molecule has 0 saturated carbocycles. The van der Waals surface area contributed by atoms with Crippen molar-refractivity contribution >= 4 is 46.2 Å². The van der Waals surface area contributed by atoms with Gasteiger partial charge in [-0.2, -0.15) is 0 Å². The Labute approximate surface area is 130 Å². The number of hydrogen-bond donors (Lipinski definition) is 2. The lowest BCUT2D eigenvalue weighted by Crippen LogP contribution is -2.07. The number of hydrogen-bond acceptors (Lipinski definition) is 4. The third-order valence-electron chi connectivity index (χ3n) is 2.74. The molecule has 0 aliphatic carbocycles. The molecule has 21 heavy (non-hydrogen) atoms. The van der Waals surface area contributed by atoms with Crippen LogP contribution in [0, 0.1) is 5.82 Å². The largest absolute Gasteiger partial charge is 0.465 e. The summed E-state index contributed by atoms with van der Waals surface area (Å²) in [6, 6.07) is 7.02. The number of anilines is 3. The summed E-state index contributed by atoms with van der Waals surface area (Å²) in [4.78, 5) is 11.6. The molecule has 0 heterocycles. The topological polar surface area (TPSA) is 64.3 Å². The van der Waals surface area contributed by atoms with Crippen molar-refractivity contribution in [3.8, 4) is 0 Å². The number of nitrogens with one attached hydrogen (secondary N) is 1. The molecule has 0 aliphatic rings. The molecular weight excluding hydrogens is 318 g/mol. The predicted octanol–water partition coefficient (Wildman–Crippen LogP) is 4.24. The summed E-state index contributed by atoms with van der Waals surface area (Å²) in [6.45, 7) is 0. The fourth-order valence-corrected chi connectivity index (χ4v) is 2.16. The first-order chi connectivity index (χ1) is 9.92. The summed E-state index contributed by atoms with van der Waals surface area (Å²) in [5.41, 5.74) is 6.15. The number of carbonyl (C=O) groups excluding carboxylic acids is 1. The normalized spacial score (nSPS) is 10.3. The number of carbonyl (C=O) groups is 1. The molecule has 2 aromatic carbocycles. The van der Waals surface area contributed by atoms with Crippen LogP contribution in [0.25, 0.3) is 0 Å². The number of rotatable bonds is 3. The van der Waals surface area contributed by atoms with Crippen LogP contribution in [0.1, 0.15) is 10.4 Å². The number of halogens is 3. The number of benzene rings is 2. The average molecular weight is 329 g/mol. The van der Waals surface area contributed by atoms with Crippen LogP contribution in [0.15, 0.2) is 30.3 Å². The lowest BCUT2D eigenvalue weighted by Gasteiger charge is -2.12. The number of nitrogens with two attached hydrogens (primary N) is 1. The first kappa shape index (κ1) is 15.4. The molecule has 0 saturated heterocycles. The van der Waals surface area contributed by atoms with Gasteiger partial charge in [0.05, 0.1) is 29.1 Å². The van der Waals surface area contributed by atoms with E-state index in [9.17, 15) is 9.18 Å². The standard InChI is InChI=1S/C14H11Cl2FN2O2/c1-21-14(20)8-5-13(10(17)6-11(8)18)19-12-3-2-7(15)4-9(12)16/h2-6,19H,18H2,1H3. The van der Waals surface area contributed by atoms with E-state index in [2.05, 4.69) is 10.1 Å². The molecule has 0 atom stereocenters. The van der Waals surface area contributed by atoms with Crippen LogP contribution in [0.2, 0.25) is 10.0 Å². The maximum absolute atomic E-state index is 13.9. The van der Waals surface area contributed by atoms with E-state index in [-0.39, 0.29) is 16.9 Å². The molecule has 2 rings (SSSR count). The number of esters is 1. The van der Waals surface area contributed by atoms with Crippen LogP contribution < -0.4 is 11.1 Å². The van der Waals surface area contributed by atoms with Gasteiger partial charge in [0.15, 0.2) is 0 Å². The van der Waals surface area contributed by atoms with E-state index in [1.165, 1.54) is 19.2 Å². The van der Waals surface area contributed by atoms with Gasteiger partial charge >= 0.3 is 5.97 Å². The molecule has 7 heteroatoms. The summed E-state index contributed by atoms with van der Waals surface area (Å²) in [7, 11) is 1.22. The quantitative estimate of drug-likeness (QED) is 0.653. The third kappa shape index (κ3) is 3.37. The Morgan fingerprint density at radius 2 is 1.95 bits per heavy atom. The van der Waals surface area contributed by atoms with Crippen LogP contribution >= 0.6 is 23.2 Å². The zero-order valence-electron chi connectivity index (χ0n) is 10.9. The molecule has 0 aliphatic heterocycles. The van der Waals surface area contributed by atoms with Crippen molar-refractivity contribution < 1.29 is 13.9 Å². The van der Waals surface area contributed by atoms with Crippen LogP contribution in [-0.4, -0.2) is 13.1 Å². The van der Waals surface area contributed by atoms with E-state index in [0.717, 1.165) is 6.07 Å². The summed E-state index contributed by atoms with van der Waals surface area (Å²) in [6.07, 6.45) is 0. The van der Waals surface area contributed by atoms with E-state index in [1.54, 1.807) is 12.1 Å². The monoisotopic (exact) mass is 328 g/mol. The summed E-state index contributed by atoms with van der Waals surface area (Å²) >= 11 is 11.8. The summed E-state index contributed by atoms with van der Waals surface area (Å²) < 4.78 is 18.5. The maximum atomic E-state index is 13.9. The van der Waals surface area contributed by atoms with Gasteiger partial charge < -0.3 is 15.8 Å². The van der Waals surface area contributed by atoms with Crippen molar-refractivity contribution in [3.63, 3.8) is 0 Å². The Morgan fingerprint density at radius 1 is 1.24 bits per heavy atom. The minimum absolute atomic E-state index is 0.00731. The lowest BCUT2D eigenvalue weighted by atomic mass is 10.1. The average Bonchev–Trinajstić information content (AvgIpc) is 2.43. The molecule has 0 unspecified atom stereocenters. The van der Waals surface area contributed by atoms with E-state index >= 15 is 0 Å². The highest BCUT2D eigenvalue weighted by Gasteiger charge is 2.15. The van der Waals surface area contributed by atoms with E-state index < -0.39 is 11.8 Å². The fourth-order valence-electron chi connectivity index (χ4n) is 1.71. The smallest absolute Gasteiger partial charge is 0.340 e. The number of nitrogen functional groups attached to an aromatic ring is 1. The van der Waals surface area contributed by atoms with Crippen molar-refractivity contribution in [2.24, 2.45) is 0 Å². The van der Waals surface area contributed by atoms with Crippen molar-refractivity contribution in [1.82, 2.24) is 0 Å². The van der Waals surface area contributed by atoms with Gasteiger partial charge in [0.2, 0.25) is 0 Å². The molecule has 110 valence electrons. The van der Waals surface area contributed by atoms with Gasteiger partial charge in [-0.1, -0.05) is 23.2 Å². The van der Waals surface area contributed by atoms with Gasteiger partial charge in [-0.15, -0.1) is 0 Å². The molecule has 3 N–H and O–H groups in total. The van der Waals surface area contributed by atoms with Crippen molar-refractivity contribution in [3.05, 3.63) is 51.8 Å². The van der Waals surface area contributed by atoms with E-state index in [4.69, 9.17) is 28.9 Å². The first-order valence-electron chi connectivity index (χ1n) is 5.81. The van der Waals surface area contributed by atoms with Crippen LogP contribution in [0.3, 0.4) is 0 Å². The van der Waals surface area contributed by atoms with Crippen LogP contribution in [0.4, 0.5) is 21.5 Å². The van der Waals surface area contributed by atoms with Crippen LogP contribution in [-0.2, 0) is 4.74 Å². The second-order valence-electron chi connectivity index (χ2n) is 4.16. The zero-order valence-corrected chi connectivity index (χ0v) is 12.4. The molecule has 0 amide bonds. The van der Waals surface area contributed by atoms with Gasteiger partial charge in [-0.3, -0.25) is 0 Å². The Bertz CT molecular complexity index is 708. The minimum atomic E-state index is -0.655. The summed E-state index contributed by atoms with van der Waals surface area (Å²) in [5.74, 6) is -1.27. The van der Waals surface area contributed by atoms with E-state index in [0.29, 0.717) is 15.7 Å². The molecule has 0 aromatic heterocycles. The number of ether oxygens (including phenoxy) is 1. The Balaban J connectivity index is 2.42. The van der Waals surface area contributed by atoms with Gasteiger partial charge in [-0.05, 0) is 30.3 Å². The molecule has 0 radical (unpaired) electrons. The van der Waals surface area contributed by atoms with Crippen LogP contribution in [0.5, 0.6) is 0 Å². The Kier molecular flexibility index (Phi) is 4.55. The van der Waals surface area contributed by atoms with Crippen molar-refractivity contribution in [2.45, 2.75) is 0 Å². The minimum Gasteiger partial charge on any atom is -0.465 e. The second kappa shape index (κ2) is 6.20. The molecule has 4 nitrogen and oxygen atoms in total. The third-order valence-corrected chi connectivity index (χ3v) is 3.29. The fraction of sp³-hybridized carbons (Fsp3) is 0.0714. The lowest BCUT2D eigenvalue weighted by molar-refractivity contribution is 0.0602. The van der Waals surface area contributed by atoms with Crippen molar-refractivity contribution in [2.75, 3.05) is 18.2 Å². The number of methoxy groups -OCH3 is 1. The molecule has 0 bridgehead atoms. The van der Waals surface area contributed by atoms with Gasteiger partial charge in [0.1, 0.15) is 5.82 Å². The Hall–Kier alpha value is -1.98.